The summed E-state index contributed by atoms with van der Waals surface area (Å²) in [6, 6.07) is 2.97. The number of nitriles is 1. The molecule has 0 bridgehead atoms. The Morgan fingerprint density at radius 2 is 2.00 bits per heavy atom. The van der Waals surface area contributed by atoms with E-state index in [9.17, 15) is 0 Å². The minimum absolute atomic E-state index is 0.598. The molecule has 57 valence electrons. The number of nitrogens with zero attached hydrogens (tertiary/aromatic N) is 1. The SMILES string of the molecule is CO[Si](CCCC#N)OC. The summed E-state index contributed by atoms with van der Waals surface area (Å²) in [5.41, 5.74) is 0. The van der Waals surface area contributed by atoms with Crippen molar-refractivity contribution in [3.8, 4) is 6.07 Å². The summed E-state index contributed by atoms with van der Waals surface area (Å²) >= 11 is 0. The second-order valence-electron chi connectivity index (χ2n) is 1.79. The molecule has 0 rings (SSSR count). The lowest BCUT2D eigenvalue weighted by molar-refractivity contribution is 0.277. The molecule has 0 aliphatic heterocycles. The zero-order valence-corrected chi connectivity index (χ0v) is 7.39. The van der Waals surface area contributed by atoms with Gasteiger partial charge in [-0.15, -0.1) is 0 Å². The van der Waals surface area contributed by atoms with E-state index < -0.39 is 9.28 Å². The van der Waals surface area contributed by atoms with Crippen molar-refractivity contribution in [2.75, 3.05) is 14.2 Å². The summed E-state index contributed by atoms with van der Waals surface area (Å²) in [6.07, 6.45) is 1.48. The molecule has 10 heavy (non-hydrogen) atoms. The van der Waals surface area contributed by atoms with Gasteiger partial charge in [0, 0.05) is 20.6 Å². The van der Waals surface area contributed by atoms with E-state index in [1.54, 1.807) is 14.2 Å². The Morgan fingerprint density at radius 3 is 2.40 bits per heavy atom. The lowest BCUT2D eigenvalue weighted by Crippen LogP contribution is -2.18. The fourth-order valence-corrected chi connectivity index (χ4v) is 1.64. The van der Waals surface area contributed by atoms with Gasteiger partial charge in [0.2, 0.25) is 0 Å². The van der Waals surface area contributed by atoms with Crippen molar-refractivity contribution in [1.82, 2.24) is 0 Å². The second-order valence-corrected chi connectivity index (χ2v) is 3.85. The summed E-state index contributed by atoms with van der Waals surface area (Å²) in [5.74, 6) is 0. The first-order valence-corrected chi connectivity index (χ1v) is 4.68. The monoisotopic (exact) mass is 158 g/mol. The third kappa shape index (κ3) is 4.50. The molecule has 0 atom stereocenters. The molecule has 4 heteroatoms. The quantitative estimate of drug-likeness (QED) is 0.444. The Balaban J connectivity index is 3.19. The number of hydrogen-bond donors (Lipinski definition) is 0. The molecular formula is C6H12NO2Si. The molecule has 0 aliphatic carbocycles. The van der Waals surface area contributed by atoms with Gasteiger partial charge in [-0.3, -0.25) is 0 Å². The highest BCUT2D eigenvalue weighted by Gasteiger charge is 2.09. The Labute approximate surface area is 63.4 Å². The van der Waals surface area contributed by atoms with Crippen molar-refractivity contribution in [2.24, 2.45) is 0 Å². The normalized spacial score (nSPS) is 9.80. The molecule has 0 fully saturated rings. The molecule has 0 amide bonds. The molecule has 0 aliphatic rings. The average molecular weight is 158 g/mol. The summed E-state index contributed by atoms with van der Waals surface area (Å²) in [5, 5.41) is 8.20. The van der Waals surface area contributed by atoms with Gasteiger partial charge in [0.05, 0.1) is 6.07 Å². The van der Waals surface area contributed by atoms with Crippen molar-refractivity contribution in [3.63, 3.8) is 0 Å². The van der Waals surface area contributed by atoms with Gasteiger partial charge in [0.1, 0.15) is 0 Å². The first kappa shape index (κ1) is 9.63. The van der Waals surface area contributed by atoms with E-state index >= 15 is 0 Å². The Kier molecular flexibility index (Phi) is 6.49. The van der Waals surface area contributed by atoms with Crippen LogP contribution in [0.25, 0.3) is 0 Å². The van der Waals surface area contributed by atoms with Crippen LogP contribution >= 0.6 is 0 Å². The van der Waals surface area contributed by atoms with Crippen molar-refractivity contribution in [1.29, 1.82) is 5.26 Å². The van der Waals surface area contributed by atoms with E-state index in [1.807, 2.05) is 0 Å². The maximum atomic E-state index is 8.20. The van der Waals surface area contributed by atoms with Crippen LogP contribution in [0.2, 0.25) is 6.04 Å². The summed E-state index contributed by atoms with van der Waals surface area (Å²) in [7, 11) is 2.24. The molecule has 0 aromatic heterocycles. The number of hydrogen-bond acceptors (Lipinski definition) is 3. The minimum Gasteiger partial charge on any atom is -0.397 e. The molecule has 1 radical (unpaired) electrons. The summed E-state index contributed by atoms with van der Waals surface area (Å²) in [4.78, 5) is 0. The largest absolute Gasteiger partial charge is 0.397 e. The van der Waals surface area contributed by atoms with Gasteiger partial charge in [-0.05, 0) is 12.5 Å². The molecular weight excluding hydrogens is 146 g/mol. The van der Waals surface area contributed by atoms with Crippen LogP contribution in [0.15, 0.2) is 0 Å². The molecule has 0 N–H and O–H groups in total. The minimum atomic E-state index is -1.05. The molecule has 0 unspecified atom stereocenters. The van der Waals surface area contributed by atoms with E-state index in [2.05, 4.69) is 6.07 Å². The Morgan fingerprint density at radius 1 is 1.40 bits per heavy atom. The van der Waals surface area contributed by atoms with Crippen LogP contribution in [0.5, 0.6) is 0 Å². The van der Waals surface area contributed by atoms with Gasteiger partial charge in [0.25, 0.3) is 0 Å². The molecule has 0 heterocycles. The molecule has 0 aromatic carbocycles. The molecule has 0 saturated carbocycles. The zero-order valence-electron chi connectivity index (χ0n) is 6.39. The van der Waals surface area contributed by atoms with Gasteiger partial charge in [-0.1, -0.05) is 0 Å². The molecule has 0 aromatic rings. The Hall–Kier alpha value is -0.373. The predicted molar refractivity (Wildman–Crippen MR) is 39.4 cm³/mol. The van der Waals surface area contributed by atoms with Gasteiger partial charge in [-0.25, -0.2) is 0 Å². The maximum absolute atomic E-state index is 8.20. The highest BCUT2D eigenvalue weighted by molar-refractivity contribution is 6.44. The van der Waals surface area contributed by atoms with Crippen LogP contribution < -0.4 is 0 Å². The smallest absolute Gasteiger partial charge is 0.384 e. The third-order valence-corrected chi connectivity index (χ3v) is 2.80. The van der Waals surface area contributed by atoms with Gasteiger partial charge in [-0.2, -0.15) is 5.26 Å². The fourth-order valence-electron chi connectivity index (χ4n) is 0.599. The number of unbranched alkanes of at least 4 members (excludes halogenated alkanes) is 1. The van der Waals surface area contributed by atoms with Gasteiger partial charge < -0.3 is 8.85 Å². The van der Waals surface area contributed by atoms with Gasteiger partial charge >= 0.3 is 9.28 Å². The maximum Gasteiger partial charge on any atom is 0.384 e. The standard InChI is InChI=1S/C6H12NO2Si/c1-8-10(9-2)6-4-3-5-7/h3-4,6H2,1-2H3. The van der Waals surface area contributed by atoms with Gasteiger partial charge in [0.15, 0.2) is 0 Å². The fraction of sp³-hybridized carbons (Fsp3) is 0.833. The van der Waals surface area contributed by atoms with Crippen molar-refractivity contribution in [2.45, 2.75) is 18.9 Å². The van der Waals surface area contributed by atoms with Crippen molar-refractivity contribution >= 4 is 9.28 Å². The summed E-state index contributed by atoms with van der Waals surface area (Å²) < 4.78 is 10.0. The van der Waals surface area contributed by atoms with Crippen LogP contribution in [-0.4, -0.2) is 23.5 Å². The van der Waals surface area contributed by atoms with E-state index in [1.165, 1.54) is 0 Å². The van der Waals surface area contributed by atoms with Crippen molar-refractivity contribution in [3.05, 3.63) is 0 Å². The molecule has 3 nitrogen and oxygen atoms in total. The first-order chi connectivity index (χ1) is 4.85. The number of rotatable bonds is 5. The summed E-state index contributed by atoms with van der Waals surface area (Å²) in [6.45, 7) is 0. The highest BCUT2D eigenvalue weighted by atomic mass is 28.3. The van der Waals surface area contributed by atoms with Crippen molar-refractivity contribution < 1.29 is 8.85 Å². The van der Waals surface area contributed by atoms with E-state index in [0.29, 0.717) is 6.42 Å². The lowest BCUT2D eigenvalue weighted by atomic mass is 10.4. The van der Waals surface area contributed by atoms with E-state index in [0.717, 1.165) is 12.5 Å². The zero-order chi connectivity index (χ0) is 7.82. The van der Waals surface area contributed by atoms with E-state index in [-0.39, 0.29) is 0 Å². The van der Waals surface area contributed by atoms with Crippen LogP contribution in [0.4, 0.5) is 0 Å². The second kappa shape index (κ2) is 6.74. The van der Waals surface area contributed by atoms with Crippen LogP contribution in [-0.2, 0) is 8.85 Å². The lowest BCUT2D eigenvalue weighted by Gasteiger charge is -2.06. The third-order valence-electron chi connectivity index (χ3n) is 1.12. The van der Waals surface area contributed by atoms with Crippen LogP contribution in [0.1, 0.15) is 12.8 Å². The van der Waals surface area contributed by atoms with Crippen LogP contribution in [0.3, 0.4) is 0 Å². The predicted octanol–water partition coefficient (Wildman–Crippen LogP) is 1.07. The first-order valence-electron chi connectivity index (χ1n) is 3.16. The average Bonchev–Trinajstić information content (AvgIpc) is 1.99. The van der Waals surface area contributed by atoms with Crippen LogP contribution in [0, 0.1) is 11.3 Å². The Bertz CT molecular complexity index is 109. The van der Waals surface area contributed by atoms with E-state index in [4.69, 9.17) is 14.1 Å². The molecule has 0 spiro atoms. The highest BCUT2D eigenvalue weighted by Crippen LogP contribution is 2.01. The molecule has 0 saturated heterocycles. The topological polar surface area (TPSA) is 42.2 Å².